The van der Waals surface area contributed by atoms with Gasteiger partial charge in [0.05, 0.1) is 15.8 Å². The van der Waals surface area contributed by atoms with Crippen molar-refractivity contribution in [2.75, 3.05) is 17.6 Å². The van der Waals surface area contributed by atoms with Crippen molar-refractivity contribution in [2.24, 2.45) is 11.8 Å². The number of hydrogen-bond donors (Lipinski definition) is 2. The lowest BCUT2D eigenvalue weighted by Gasteiger charge is -2.18. The number of halogens is 2. The normalized spacial score (nSPS) is 12.9. The van der Waals surface area contributed by atoms with Gasteiger partial charge in [0.25, 0.3) is 0 Å². The molecule has 0 aliphatic rings. The Morgan fingerprint density at radius 1 is 1.38 bits per heavy atom. The second kappa shape index (κ2) is 5.53. The van der Waals surface area contributed by atoms with Crippen LogP contribution in [0.3, 0.4) is 0 Å². The lowest BCUT2D eigenvalue weighted by Crippen LogP contribution is -2.17. The predicted molar refractivity (Wildman–Crippen MR) is 71.0 cm³/mol. The average molecular weight is 289 g/mol. The molecule has 1 unspecified atom stereocenters. The number of hydrogen-bond acceptors (Lipinski definition) is 2. The Hall–Kier alpha value is -0.770. The van der Waals surface area contributed by atoms with Crippen molar-refractivity contribution < 1.29 is 4.39 Å². The zero-order chi connectivity index (χ0) is 12.3. The molecule has 0 saturated heterocycles. The summed E-state index contributed by atoms with van der Waals surface area (Å²) in [5, 5.41) is 3.24. The molecule has 4 heteroatoms. The Labute approximate surface area is 105 Å². The van der Waals surface area contributed by atoms with Gasteiger partial charge in [0.15, 0.2) is 0 Å². The molecule has 1 rings (SSSR count). The van der Waals surface area contributed by atoms with Crippen LogP contribution in [-0.4, -0.2) is 6.54 Å². The summed E-state index contributed by atoms with van der Waals surface area (Å²) in [6.45, 7) is 7.36. The molecule has 0 spiro atoms. The fourth-order valence-electron chi connectivity index (χ4n) is 1.22. The minimum atomic E-state index is -0.333. The number of nitrogen functional groups attached to an aromatic ring is 1. The monoisotopic (exact) mass is 288 g/mol. The van der Waals surface area contributed by atoms with E-state index < -0.39 is 0 Å². The number of rotatable bonds is 4. The van der Waals surface area contributed by atoms with Gasteiger partial charge in [-0.25, -0.2) is 4.39 Å². The summed E-state index contributed by atoms with van der Waals surface area (Å²) in [5.74, 6) is 0.820. The van der Waals surface area contributed by atoms with Crippen LogP contribution in [0.25, 0.3) is 0 Å². The van der Waals surface area contributed by atoms with E-state index in [9.17, 15) is 4.39 Å². The summed E-state index contributed by atoms with van der Waals surface area (Å²) in [6.07, 6.45) is 0. The van der Waals surface area contributed by atoms with E-state index in [4.69, 9.17) is 5.73 Å². The molecule has 3 N–H and O–H groups in total. The quantitative estimate of drug-likeness (QED) is 0.826. The van der Waals surface area contributed by atoms with Gasteiger partial charge in [0, 0.05) is 12.6 Å². The molecule has 0 bridgehead atoms. The highest BCUT2D eigenvalue weighted by molar-refractivity contribution is 9.10. The molecule has 2 nitrogen and oxygen atoms in total. The van der Waals surface area contributed by atoms with E-state index >= 15 is 0 Å². The maximum atomic E-state index is 13.1. The second-order valence-electron chi connectivity index (χ2n) is 4.46. The highest BCUT2D eigenvalue weighted by atomic mass is 79.9. The van der Waals surface area contributed by atoms with Gasteiger partial charge in [-0.1, -0.05) is 20.8 Å². The minimum absolute atomic E-state index is 0.333. The largest absolute Gasteiger partial charge is 0.397 e. The molecule has 90 valence electrons. The van der Waals surface area contributed by atoms with Crippen LogP contribution in [0.15, 0.2) is 16.6 Å². The molecule has 0 radical (unpaired) electrons. The van der Waals surface area contributed by atoms with Crippen molar-refractivity contribution in [2.45, 2.75) is 20.8 Å². The summed E-state index contributed by atoms with van der Waals surface area (Å²) in [6, 6.07) is 3.00. The van der Waals surface area contributed by atoms with Crippen molar-refractivity contribution >= 4 is 27.3 Å². The maximum Gasteiger partial charge on any atom is 0.139 e. The summed E-state index contributed by atoms with van der Waals surface area (Å²) < 4.78 is 13.6. The lowest BCUT2D eigenvalue weighted by atomic mass is 9.98. The molecule has 0 fully saturated rings. The SMILES string of the molecule is CC(C)C(C)CNc1cc(Br)c(F)cc1N. The third kappa shape index (κ3) is 3.37. The maximum absolute atomic E-state index is 13.1. The number of benzene rings is 1. The van der Waals surface area contributed by atoms with Crippen LogP contribution in [0, 0.1) is 17.7 Å². The zero-order valence-electron chi connectivity index (χ0n) is 9.85. The third-order valence-electron chi connectivity index (χ3n) is 2.85. The van der Waals surface area contributed by atoms with Gasteiger partial charge in [0.1, 0.15) is 5.82 Å². The summed E-state index contributed by atoms with van der Waals surface area (Å²) >= 11 is 3.15. The first kappa shape index (κ1) is 13.3. The van der Waals surface area contributed by atoms with Crippen molar-refractivity contribution in [3.63, 3.8) is 0 Å². The Morgan fingerprint density at radius 3 is 2.56 bits per heavy atom. The van der Waals surface area contributed by atoms with Crippen LogP contribution in [0.4, 0.5) is 15.8 Å². The Kier molecular flexibility index (Phi) is 4.59. The van der Waals surface area contributed by atoms with Gasteiger partial charge >= 0.3 is 0 Å². The van der Waals surface area contributed by atoms with Crippen LogP contribution in [0.1, 0.15) is 20.8 Å². The fourth-order valence-corrected chi connectivity index (χ4v) is 1.57. The zero-order valence-corrected chi connectivity index (χ0v) is 11.4. The van der Waals surface area contributed by atoms with Crippen LogP contribution >= 0.6 is 15.9 Å². The Bertz CT molecular complexity index is 366. The van der Waals surface area contributed by atoms with E-state index in [1.165, 1.54) is 6.07 Å². The average Bonchev–Trinajstić information content (AvgIpc) is 2.20. The van der Waals surface area contributed by atoms with Crippen LogP contribution in [0.2, 0.25) is 0 Å². The van der Waals surface area contributed by atoms with Gasteiger partial charge in [-0.15, -0.1) is 0 Å². The first-order chi connectivity index (χ1) is 7.41. The second-order valence-corrected chi connectivity index (χ2v) is 5.31. The topological polar surface area (TPSA) is 38.0 Å². The summed E-state index contributed by atoms with van der Waals surface area (Å²) in [7, 11) is 0. The molecule has 16 heavy (non-hydrogen) atoms. The minimum Gasteiger partial charge on any atom is -0.397 e. The molecule has 1 aromatic rings. The highest BCUT2D eigenvalue weighted by Crippen LogP contribution is 2.27. The number of anilines is 2. The summed E-state index contributed by atoms with van der Waals surface area (Å²) in [5.41, 5.74) is 6.95. The van der Waals surface area contributed by atoms with E-state index in [0.717, 1.165) is 12.2 Å². The first-order valence-electron chi connectivity index (χ1n) is 5.40. The molecule has 0 heterocycles. The lowest BCUT2D eigenvalue weighted by molar-refractivity contribution is 0.440. The molecule has 0 aromatic heterocycles. The fraction of sp³-hybridized carbons (Fsp3) is 0.500. The van der Waals surface area contributed by atoms with Crippen molar-refractivity contribution in [1.82, 2.24) is 0 Å². The third-order valence-corrected chi connectivity index (χ3v) is 3.45. The Morgan fingerprint density at radius 2 is 2.00 bits per heavy atom. The van der Waals surface area contributed by atoms with E-state index in [0.29, 0.717) is 22.0 Å². The van der Waals surface area contributed by atoms with Crippen LogP contribution < -0.4 is 11.1 Å². The molecule has 0 amide bonds. The Balaban J connectivity index is 2.71. The van der Waals surface area contributed by atoms with Crippen molar-refractivity contribution in [3.05, 3.63) is 22.4 Å². The molecule has 0 saturated carbocycles. The van der Waals surface area contributed by atoms with Gasteiger partial charge in [-0.2, -0.15) is 0 Å². The van der Waals surface area contributed by atoms with Gasteiger partial charge in [0.2, 0.25) is 0 Å². The highest BCUT2D eigenvalue weighted by Gasteiger charge is 2.09. The smallest absolute Gasteiger partial charge is 0.139 e. The van der Waals surface area contributed by atoms with E-state index in [-0.39, 0.29) is 5.82 Å². The number of nitrogens with two attached hydrogens (primary N) is 1. The standard InChI is InChI=1S/C12H18BrFN2/c1-7(2)8(3)6-16-12-4-9(13)10(14)5-11(12)15/h4-5,7-8,16H,6,15H2,1-3H3. The molecular weight excluding hydrogens is 271 g/mol. The van der Waals surface area contributed by atoms with Crippen LogP contribution in [-0.2, 0) is 0 Å². The van der Waals surface area contributed by atoms with Crippen LogP contribution in [0.5, 0.6) is 0 Å². The molecule has 1 atom stereocenters. The first-order valence-corrected chi connectivity index (χ1v) is 6.19. The van der Waals surface area contributed by atoms with E-state index in [2.05, 4.69) is 42.0 Å². The molecule has 0 aliphatic heterocycles. The number of nitrogens with one attached hydrogen (secondary N) is 1. The van der Waals surface area contributed by atoms with Gasteiger partial charge < -0.3 is 11.1 Å². The van der Waals surface area contributed by atoms with Crippen molar-refractivity contribution in [1.29, 1.82) is 0 Å². The van der Waals surface area contributed by atoms with Gasteiger partial charge in [-0.05, 0) is 33.8 Å². The van der Waals surface area contributed by atoms with Gasteiger partial charge in [-0.3, -0.25) is 0 Å². The van der Waals surface area contributed by atoms with E-state index in [1.54, 1.807) is 6.07 Å². The predicted octanol–water partition coefficient (Wildman–Crippen LogP) is 3.87. The van der Waals surface area contributed by atoms with E-state index in [1.807, 2.05) is 0 Å². The summed E-state index contributed by atoms with van der Waals surface area (Å²) in [4.78, 5) is 0. The van der Waals surface area contributed by atoms with Crippen molar-refractivity contribution in [3.8, 4) is 0 Å². The molecular formula is C12H18BrFN2. The molecule has 1 aromatic carbocycles. The molecule has 0 aliphatic carbocycles.